The van der Waals surface area contributed by atoms with Crippen LogP contribution in [-0.2, 0) is 4.79 Å². The highest BCUT2D eigenvalue weighted by Gasteiger charge is 2.27. The van der Waals surface area contributed by atoms with Crippen LogP contribution in [0.5, 0.6) is 0 Å². The van der Waals surface area contributed by atoms with Gasteiger partial charge in [0.15, 0.2) is 0 Å². The molecule has 1 aromatic heterocycles. The third-order valence-electron chi connectivity index (χ3n) is 4.87. The van der Waals surface area contributed by atoms with Gasteiger partial charge in [-0.1, -0.05) is 11.2 Å². The Morgan fingerprint density at radius 1 is 1.17 bits per heavy atom. The zero-order chi connectivity index (χ0) is 20.2. The molecule has 0 radical (unpaired) electrons. The van der Waals surface area contributed by atoms with E-state index in [1.54, 1.807) is 24.3 Å². The van der Waals surface area contributed by atoms with Gasteiger partial charge in [-0.05, 0) is 61.9 Å². The summed E-state index contributed by atoms with van der Waals surface area (Å²) in [6.07, 6.45) is 1.78. The number of rotatable bonds is 5. The number of nitrogens with zero attached hydrogens (tertiary/aromatic N) is 3. The predicted molar refractivity (Wildman–Crippen MR) is 103 cm³/mol. The number of amides is 1. The Bertz CT molecular complexity index is 990. The predicted octanol–water partition coefficient (Wildman–Crippen LogP) is 3.83. The molecule has 1 atom stereocenters. The van der Waals surface area contributed by atoms with Crippen molar-refractivity contribution >= 4 is 11.6 Å². The van der Waals surface area contributed by atoms with Crippen molar-refractivity contribution < 1.29 is 18.1 Å². The maximum Gasteiger partial charge on any atom is 0.238 e. The van der Waals surface area contributed by atoms with Gasteiger partial charge in [-0.25, -0.2) is 8.78 Å². The van der Waals surface area contributed by atoms with Crippen LogP contribution in [-0.4, -0.2) is 40.6 Å². The quantitative estimate of drug-likeness (QED) is 0.707. The van der Waals surface area contributed by atoms with E-state index in [4.69, 9.17) is 4.52 Å². The molecule has 0 spiro atoms. The lowest BCUT2D eigenvalue weighted by atomic mass is 9.98. The summed E-state index contributed by atoms with van der Waals surface area (Å²) in [5, 5.41) is 6.71. The molecule has 150 valence electrons. The van der Waals surface area contributed by atoms with E-state index in [1.165, 1.54) is 24.3 Å². The Labute approximate surface area is 166 Å². The summed E-state index contributed by atoms with van der Waals surface area (Å²) < 4.78 is 31.8. The van der Waals surface area contributed by atoms with E-state index in [0.29, 0.717) is 29.5 Å². The maximum atomic E-state index is 13.3. The minimum absolute atomic E-state index is 0.0208. The number of benzene rings is 2. The lowest BCUT2D eigenvalue weighted by molar-refractivity contribution is -0.117. The average Bonchev–Trinajstić information content (AvgIpc) is 3.19. The number of piperidine rings is 1. The summed E-state index contributed by atoms with van der Waals surface area (Å²) in [7, 11) is 0. The van der Waals surface area contributed by atoms with Crippen molar-refractivity contribution in [3.63, 3.8) is 0 Å². The molecule has 1 fully saturated rings. The summed E-state index contributed by atoms with van der Waals surface area (Å²) in [6.45, 7) is 1.60. The molecule has 1 amide bonds. The minimum Gasteiger partial charge on any atom is -0.339 e. The third-order valence-corrected chi connectivity index (χ3v) is 4.87. The molecule has 29 heavy (non-hydrogen) atoms. The highest BCUT2D eigenvalue weighted by atomic mass is 19.1. The molecule has 0 aliphatic carbocycles. The van der Waals surface area contributed by atoms with Crippen molar-refractivity contribution in [2.24, 2.45) is 0 Å². The minimum atomic E-state index is -0.394. The molecule has 1 aliphatic heterocycles. The summed E-state index contributed by atoms with van der Waals surface area (Å²) >= 11 is 0. The summed E-state index contributed by atoms with van der Waals surface area (Å²) in [4.78, 5) is 18.8. The molecular weight excluding hydrogens is 378 g/mol. The number of likely N-dealkylation sites (tertiary alicyclic amines) is 1. The van der Waals surface area contributed by atoms with E-state index in [1.807, 2.05) is 4.90 Å². The van der Waals surface area contributed by atoms with Crippen LogP contribution in [0.4, 0.5) is 14.5 Å². The fraction of sp³-hybridized carbons (Fsp3) is 0.286. The van der Waals surface area contributed by atoms with Gasteiger partial charge >= 0.3 is 0 Å². The molecule has 0 saturated carbocycles. The van der Waals surface area contributed by atoms with E-state index < -0.39 is 5.82 Å². The van der Waals surface area contributed by atoms with Gasteiger partial charge < -0.3 is 9.84 Å². The fourth-order valence-corrected chi connectivity index (χ4v) is 3.49. The zero-order valence-electron chi connectivity index (χ0n) is 15.6. The lowest BCUT2D eigenvalue weighted by Gasteiger charge is -2.30. The Balaban J connectivity index is 1.37. The molecule has 0 bridgehead atoms. The van der Waals surface area contributed by atoms with Crippen LogP contribution < -0.4 is 5.32 Å². The number of aromatic nitrogens is 2. The van der Waals surface area contributed by atoms with E-state index >= 15 is 0 Å². The number of hydrogen-bond donors (Lipinski definition) is 1. The smallest absolute Gasteiger partial charge is 0.238 e. The van der Waals surface area contributed by atoms with Crippen molar-refractivity contribution in [1.29, 1.82) is 0 Å². The SMILES string of the molecule is O=C(CN1CCCC(c2nc(-c3ccc(F)cc3)no2)C1)Nc1cccc(F)c1. The summed E-state index contributed by atoms with van der Waals surface area (Å²) in [6, 6.07) is 11.7. The van der Waals surface area contributed by atoms with Gasteiger partial charge in [0.2, 0.25) is 17.6 Å². The fourth-order valence-electron chi connectivity index (χ4n) is 3.49. The Hall–Kier alpha value is -3.13. The number of anilines is 1. The molecule has 4 rings (SSSR count). The molecule has 1 unspecified atom stereocenters. The summed E-state index contributed by atoms with van der Waals surface area (Å²) in [5.41, 5.74) is 1.12. The van der Waals surface area contributed by atoms with E-state index in [-0.39, 0.29) is 24.2 Å². The number of carbonyl (C=O) groups excluding carboxylic acids is 1. The molecule has 3 aromatic rings. The lowest BCUT2D eigenvalue weighted by Crippen LogP contribution is -2.39. The van der Waals surface area contributed by atoms with Gasteiger partial charge in [-0.3, -0.25) is 9.69 Å². The Kier molecular flexibility index (Phi) is 5.62. The molecule has 2 aromatic carbocycles. The molecule has 6 nitrogen and oxygen atoms in total. The van der Waals surface area contributed by atoms with Crippen LogP contribution >= 0.6 is 0 Å². The first-order chi connectivity index (χ1) is 14.1. The van der Waals surface area contributed by atoms with Gasteiger partial charge in [0.25, 0.3) is 0 Å². The highest BCUT2D eigenvalue weighted by molar-refractivity contribution is 5.92. The van der Waals surface area contributed by atoms with Crippen molar-refractivity contribution in [3.8, 4) is 11.4 Å². The topological polar surface area (TPSA) is 71.3 Å². The van der Waals surface area contributed by atoms with Crippen LogP contribution in [0.25, 0.3) is 11.4 Å². The van der Waals surface area contributed by atoms with Crippen LogP contribution in [0.2, 0.25) is 0 Å². The van der Waals surface area contributed by atoms with Gasteiger partial charge in [-0.15, -0.1) is 0 Å². The van der Waals surface area contributed by atoms with Crippen molar-refractivity contribution in [2.75, 3.05) is 25.0 Å². The highest BCUT2D eigenvalue weighted by Crippen LogP contribution is 2.27. The zero-order valence-corrected chi connectivity index (χ0v) is 15.6. The van der Waals surface area contributed by atoms with Crippen LogP contribution in [0.1, 0.15) is 24.7 Å². The second-order valence-electron chi connectivity index (χ2n) is 7.10. The summed E-state index contributed by atoms with van der Waals surface area (Å²) in [5.74, 6) is 0.0350. The first-order valence-electron chi connectivity index (χ1n) is 9.44. The number of hydrogen-bond acceptors (Lipinski definition) is 5. The van der Waals surface area contributed by atoms with Crippen molar-refractivity contribution in [3.05, 3.63) is 66.1 Å². The number of halogens is 2. The molecule has 2 heterocycles. The molecule has 1 N–H and O–H groups in total. The number of nitrogens with one attached hydrogen (secondary N) is 1. The number of carbonyl (C=O) groups is 1. The van der Waals surface area contributed by atoms with Crippen LogP contribution in [0.15, 0.2) is 53.1 Å². The first kappa shape index (κ1) is 19.2. The van der Waals surface area contributed by atoms with Gasteiger partial charge in [-0.2, -0.15) is 4.98 Å². The van der Waals surface area contributed by atoms with Gasteiger partial charge in [0.05, 0.1) is 12.5 Å². The van der Waals surface area contributed by atoms with Crippen molar-refractivity contribution in [2.45, 2.75) is 18.8 Å². The second-order valence-corrected chi connectivity index (χ2v) is 7.10. The van der Waals surface area contributed by atoms with E-state index in [9.17, 15) is 13.6 Å². The molecule has 1 aliphatic rings. The van der Waals surface area contributed by atoms with E-state index in [2.05, 4.69) is 15.5 Å². The second kappa shape index (κ2) is 8.48. The van der Waals surface area contributed by atoms with Crippen LogP contribution in [0, 0.1) is 11.6 Å². The third kappa shape index (κ3) is 4.83. The first-order valence-corrected chi connectivity index (χ1v) is 9.44. The van der Waals surface area contributed by atoms with Crippen molar-refractivity contribution in [1.82, 2.24) is 15.0 Å². The largest absolute Gasteiger partial charge is 0.339 e. The standard InChI is InChI=1S/C21H20F2N4O2/c22-16-8-6-14(7-9-16)20-25-21(29-26-20)15-3-2-10-27(12-15)13-19(28)24-18-5-1-4-17(23)11-18/h1,4-9,11,15H,2-3,10,12-13H2,(H,24,28). The molecule has 8 heteroatoms. The maximum absolute atomic E-state index is 13.3. The van der Waals surface area contributed by atoms with E-state index in [0.717, 1.165) is 19.4 Å². The molecular formula is C21H20F2N4O2. The van der Waals surface area contributed by atoms with Gasteiger partial charge in [0.1, 0.15) is 11.6 Å². The average molecular weight is 398 g/mol. The monoisotopic (exact) mass is 398 g/mol. The van der Waals surface area contributed by atoms with Crippen LogP contribution in [0.3, 0.4) is 0 Å². The Morgan fingerprint density at radius 3 is 2.79 bits per heavy atom. The normalized spacial score (nSPS) is 17.2. The van der Waals surface area contributed by atoms with Gasteiger partial charge in [0, 0.05) is 17.8 Å². The molecule has 1 saturated heterocycles. The Morgan fingerprint density at radius 2 is 2.00 bits per heavy atom.